The van der Waals surface area contributed by atoms with Gasteiger partial charge in [-0.3, -0.25) is 0 Å². The molecule has 2 rings (SSSR count). The smallest absolute Gasteiger partial charge is 0.0991 e. The van der Waals surface area contributed by atoms with E-state index in [2.05, 4.69) is 23.5 Å². The molecule has 2 nitrogen and oxygen atoms in total. The summed E-state index contributed by atoms with van der Waals surface area (Å²) in [6.45, 7) is 1.63. The van der Waals surface area contributed by atoms with Gasteiger partial charge in [0.15, 0.2) is 0 Å². The monoisotopic (exact) mass is 222 g/mol. The second-order valence-electron chi connectivity index (χ2n) is 3.90. The van der Waals surface area contributed by atoms with Crippen LogP contribution in [0.3, 0.4) is 0 Å². The predicted molar refractivity (Wildman–Crippen MR) is 68.1 cm³/mol. The zero-order chi connectivity index (χ0) is 11.9. The summed E-state index contributed by atoms with van der Waals surface area (Å²) in [4.78, 5) is 0. The molecule has 0 unspecified atom stereocenters. The standard InChI is InChI=1S/C15H14N2/c16-10-14-7-4-8-15(9-14)12-17-11-13-5-2-1-3-6-13/h1-9,17H,11-12H2. The van der Waals surface area contributed by atoms with E-state index in [9.17, 15) is 0 Å². The molecule has 0 amide bonds. The molecule has 2 heteroatoms. The van der Waals surface area contributed by atoms with E-state index in [1.807, 2.05) is 42.5 Å². The number of nitrogens with zero attached hydrogens (tertiary/aromatic N) is 1. The fraction of sp³-hybridized carbons (Fsp3) is 0.133. The maximum atomic E-state index is 8.80. The highest BCUT2D eigenvalue weighted by molar-refractivity contribution is 5.32. The molecule has 0 radical (unpaired) electrons. The molecule has 0 bridgehead atoms. The molecule has 84 valence electrons. The summed E-state index contributed by atoms with van der Waals surface area (Å²) >= 11 is 0. The topological polar surface area (TPSA) is 35.8 Å². The number of hydrogen-bond donors (Lipinski definition) is 1. The first kappa shape index (κ1) is 11.4. The molecule has 0 saturated carbocycles. The van der Waals surface area contributed by atoms with Crippen LogP contribution in [0.15, 0.2) is 54.6 Å². The van der Waals surface area contributed by atoms with Gasteiger partial charge in [-0.05, 0) is 23.3 Å². The van der Waals surface area contributed by atoms with E-state index in [-0.39, 0.29) is 0 Å². The Hall–Kier alpha value is -2.11. The molecule has 0 fully saturated rings. The lowest BCUT2D eigenvalue weighted by Gasteiger charge is -2.05. The van der Waals surface area contributed by atoms with E-state index in [1.54, 1.807) is 0 Å². The lowest BCUT2D eigenvalue weighted by Crippen LogP contribution is -2.12. The minimum atomic E-state index is 0.712. The summed E-state index contributed by atoms with van der Waals surface area (Å²) in [6.07, 6.45) is 0. The zero-order valence-corrected chi connectivity index (χ0v) is 9.56. The van der Waals surface area contributed by atoms with E-state index in [1.165, 1.54) is 5.56 Å². The van der Waals surface area contributed by atoms with Crippen LogP contribution in [0.25, 0.3) is 0 Å². The van der Waals surface area contributed by atoms with Gasteiger partial charge in [-0.1, -0.05) is 42.5 Å². The molecule has 0 heterocycles. The van der Waals surface area contributed by atoms with E-state index < -0.39 is 0 Å². The van der Waals surface area contributed by atoms with Gasteiger partial charge in [-0.2, -0.15) is 5.26 Å². The van der Waals surface area contributed by atoms with Gasteiger partial charge in [0, 0.05) is 13.1 Å². The summed E-state index contributed by atoms with van der Waals surface area (Å²) in [5, 5.41) is 12.2. The lowest BCUT2D eigenvalue weighted by atomic mass is 10.1. The van der Waals surface area contributed by atoms with E-state index >= 15 is 0 Å². The van der Waals surface area contributed by atoms with Gasteiger partial charge in [0.2, 0.25) is 0 Å². The Kier molecular flexibility index (Phi) is 3.90. The maximum absolute atomic E-state index is 8.80. The number of nitriles is 1. The molecule has 0 spiro atoms. The Morgan fingerprint density at radius 2 is 1.59 bits per heavy atom. The van der Waals surface area contributed by atoms with Gasteiger partial charge in [-0.15, -0.1) is 0 Å². The number of hydrogen-bond acceptors (Lipinski definition) is 2. The van der Waals surface area contributed by atoms with Crippen molar-refractivity contribution in [3.63, 3.8) is 0 Å². The normalized spacial score (nSPS) is 9.82. The van der Waals surface area contributed by atoms with Crippen LogP contribution in [0.5, 0.6) is 0 Å². The van der Waals surface area contributed by atoms with E-state index in [4.69, 9.17) is 5.26 Å². The highest BCUT2D eigenvalue weighted by Crippen LogP contribution is 2.04. The third-order valence-corrected chi connectivity index (χ3v) is 2.56. The lowest BCUT2D eigenvalue weighted by molar-refractivity contribution is 0.693. The molecular weight excluding hydrogens is 208 g/mol. The molecule has 17 heavy (non-hydrogen) atoms. The molecule has 0 aliphatic rings. The molecule has 0 saturated heterocycles. The molecular formula is C15H14N2. The van der Waals surface area contributed by atoms with Crippen LogP contribution in [-0.4, -0.2) is 0 Å². The first-order chi connectivity index (χ1) is 8.38. The number of benzene rings is 2. The SMILES string of the molecule is N#Cc1cccc(CNCc2ccccc2)c1. The Morgan fingerprint density at radius 3 is 2.35 bits per heavy atom. The van der Waals surface area contributed by atoms with Gasteiger partial charge in [0.1, 0.15) is 0 Å². The van der Waals surface area contributed by atoms with Crippen LogP contribution in [0.4, 0.5) is 0 Å². The number of nitrogens with one attached hydrogen (secondary N) is 1. The summed E-state index contributed by atoms with van der Waals surface area (Å²) in [6, 6.07) is 20.1. The van der Waals surface area contributed by atoms with Crippen molar-refractivity contribution in [2.24, 2.45) is 0 Å². The van der Waals surface area contributed by atoms with Crippen molar-refractivity contribution in [3.8, 4) is 6.07 Å². The third-order valence-electron chi connectivity index (χ3n) is 2.56. The van der Waals surface area contributed by atoms with Crippen LogP contribution < -0.4 is 5.32 Å². The molecule has 0 aromatic heterocycles. The van der Waals surface area contributed by atoms with Crippen molar-refractivity contribution in [3.05, 3.63) is 71.3 Å². The van der Waals surface area contributed by atoms with Crippen molar-refractivity contribution in [2.45, 2.75) is 13.1 Å². The molecule has 1 N–H and O–H groups in total. The molecule has 0 aliphatic carbocycles. The first-order valence-electron chi connectivity index (χ1n) is 5.62. The van der Waals surface area contributed by atoms with Crippen molar-refractivity contribution < 1.29 is 0 Å². The van der Waals surface area contributed by atoms with Crippen LogP contribution >= 0.6 is 0 Å². The Balaban J connectivity index is 1.88. The fourth-order valence-corrected chi connectivity index (χ4v) is 1.70. The highest BCUT2D eigenvalue weighted by Gasteiger charge is 1.95. The molecule has 2 aromatic carbocycles. The second-order valence-corrected chi connectivity index (χ2v) is 3.90. The maximum Gasteiger partial charge on any atom is 0.0991 e. The van der Waals surface area contributed by atoms with Crippen LogP contribution in [0.1, 0.15) is 16.7 Å². The Labute approximate surface area is 102 Å². The summed E-state index contributed by atoms with van der Waals surface area (Å²) < 4.78 is 0. The fourth-order valence-electron chi connectivity index (χ4n) is 1.70. The zero-order valence-electron chi connectivity index (χ0n) is 9.56. The quantitative estimate of drug-likeness (QED) is 0.863. The van der Waals surface area contributed by atoms with Gasteiger partial charge < -0.3 is 5.32 Å². The van der Waals surface area contributed by atoms with E-state index in [0.29, 0.717) is 5.56 Å². The van der Waals surface area contributed by atoms with Gasteiger partial charge in [-0.25, -0.2) is 0 Å². The Bertz CT molecular complexity index is 512. The van der Waals surface area contributed by atoms with Crippen molar-refractivity contribution >= 4 is 0 Å². The summed E-state index contributed by atoms with van der Waals surface area (Å²) in [7, 11) is 0. The summed E-state index contributed by atoms with van der Waals surface area (Å²) in [5.41, 5.74) is 3.12. The Morgan fingerprint density at radius 1 is 0.882 bits per heavy atom. The van der Waals surface area contributed by atoms with Crippen molar-refractivity contribution in [1.82, 2.24) is 5.32 Å². The minimum Gasteiger partial charge on any atom is -0.309 e. The average Bonchev–Trinajstić information content (AvgIpc) is 2.40. The molecule has 0 aliphatic heterocycles. The second kappa shape index (κ2) is 5.83. The van der Waals surface area contributed by atoms with Gasteiger partial charge >= 0.3 is 0 Å². The van der Waals surface area contributed by atoms with Crippen molar-refractivity contribution in [1.29, 1.82) is 5.26 Å². The summed E-state index contributed by atoms with van der Waals surface area (Å²) in [5.74, 6) is 0. The third kappa shape index (κ3) is 3.44. The molecule has 2 aromatic rings. The van der Waals surface area contributed by atoms with E-state index in [0.717, 1.165) is 18.7 Å². The highest BCUT2D eigenvalue weighted by atomic mass is 14.8. The predicted octanol–water partition coefficient (Wildman–Crippen LogP) is 2.85. The molecule has 0 atom stereocenters. The number of rotatable bonds is 4. The van der Waals surface area contributed by atoms with Crippen LogP contribution in [0.2, 0.25) is 0 Å². The van der Waals surface area contributed by atoms with Crippen LogP contribution in [0, 0.1) is 11.3 Å². The van der Waals surface area contributed by atoms with Gasteiger partial charge in [0.25, 0.3) is 0 Å². The average molecular weight is 222 g/mol. The largest absolute Gasteiger partial charge is 0.309 e. The first-order valence-corrected chi connectivity index (χ1v) is 5.62. The van der Waals surface area contributed by atoms with Crippen LogP contribution in [-0.2, 0) is 13.1 Å². The van der Waals surface area contributed by atoms with Crippen molar-refractivity contribution in [2.75, 3.05) is 0 Å². The minimum absolute atomic E-state index is 0.712. The van der Waals surface area contributed by atoms with Gasteiger partial charge in [0.05, 0.1) is 11.6 Å².